The first kappa shape index (κ1) is 49.2. The van der Waals surface area contributed by atoms with Crippen molar-refractivity contribution in [1.82, 2.24) is 0 Å². The summed E-state index contributed by atoms with van der Waals surface area (Å²) < 4.78 is 14.0. The van der Waals surface area contributed by atoms with Crippen molar-refractivity contribution in [3.8, 4) is 22.3 Å². The second kappa shape index (κ2) is 18.7. The smallest absolute Gasteiger partial charge is 0.159 e. The van der Waals surface area contributed by atoms with Gasteiger partial charge in [-0.05, 0) is 186 Å². The van der Waals surface area contributed by atoms with E-state index in [0.717, 1.165) is 90.8 Å². The summed E-state index contributed by atoms with van der Waals surface area (Å²) in [5, 5.41) is 9.61. The summed E-state index contributed by atoms with van der Waals surface area (Å²) in [4.78, 5) is 4.82. The normalized spacial score (nSPS) is 13.1. The van der Waals surface area contributed by atoms with Gasteiger partial charge in [0.25, 0.3) is 0 Å². The van der Waals surface area contributed by atoms with E-state index in [-0.39, 0.29) is 11.8 Å². The lowest BCUT2D eigenvalue weighted by Gasteiger charge is -2.34. The molecule has 12 aromatic carbocycles. The fourth-order valence-electron chi connectivity index (χ4n) is 14.9. The van der Waals surface area contributed by atoms with Gasteiger partial charge in [-0.3, -0.25) is 0 Å². The highest BCUT2D eigenvalue weighted by Crippen LogP contribution is 2.67. The maximum absolute atomic E-state index is 7.02. The summed E-state index contributed by atoms with van der Waals surface area (Å²) in [7, 11) is 0. The Morgan fingerprint density at radius 1 is 0.325 bits per heavy atom. The zero-order valence-electron chi connectivity index (χ0n) is 47.7. The molecule has 2 aliphatic rings. The number of hydrogen-bond donors (Lipinski definition) is 0. The lowest BCUT2D eigenvalue weighted by Crippen LogP contribution is -2.27. The Morgan fingerprint density at radius 3 is 1.12 bits per heavy atom. The summed E-state index contributed by atoms with van der Waals surface area (Å²) in [6, 6.07) is 86.3. The van der Waals surface area contributed by atoms with E-state index in [1.54, 1.807) is 0 Å². The molecule has 2 heterocycles. The number of para-hydroxylation sites is 6. The number of nitrogens with zero attached hydrogens (tertiary/aromatic N) is 2. The van der Waals surface area contributed by atoms with Crippen LogP contribution in [0.25, 0.3) is 87.7 Å². The van der Waals surface area contributed by atoms with Crippen molar-refractivity contribution < 1.29 is 8.83 Å². The maximum atomic E-state index is 7.02. The van der Waals surface area contributed by atoms with Crippen LogP contribution in [0.1, 0.15) is 97.9 Å². The van der Waals surface area contributed by atoms with Crippen LogP contribution in [0.3, 0.4) is 0 Å². The van der Waals surface area contributed by atoms with Crippen LogP contribution < -0.4 is 9.80 Å². The van der Waals surface area contributed by atoms with Crippen LogP contribution in [0.4, 0.5) is 34.1 Å². The molecular formula is C79H62N2O2. The summed E-state index contributed by atoms with van der Waals surface area (Å²) in [5.41, 5.74) is 25.1. The van der Waals surface area contributed by atoms with Gasteiger partial charge >= 0.3 is 0 Å². The number of furan rings is 2. The van der Waals surface area contributed by atoms with Gasteiger partial charge in [0.05, 0.1) is 16.8 Å². The van der Waals surface area contributed by atoms with Gasteiger partial charge in [0.15, 0.2) is 11.2 Å². The molecule has 0 amide bonds. The molecule has 0 saturated carbocycles. The van der Waals surface area contributed by atoms with Crippen LogP contribution in [0.15, 0.2) is 239 Å². The molecule has 0 atom stereocenters. The third-order valence-electron chi connectivity index (χ3n) is 18.5. The largest absolute Gasteiger partial charge is 0.454 e. The van der Waals surface area contributed by atoms with Crippen LogP contribution in [0, 0.1) is 0 Å². The van der Waals surface area contributed by atoms with Crippen LogP contribution in [0.5, 0.6) is 0 Å². The molecule has 0 bridgehead atoms. The first-order valence-corrected chi connectivity index (χ1v) is 29.7. The Morgan fingerprint density at radius 2 is 0.711 bits per heavy atom. The minimum absolute atomic E-state index is 0.221. The number of rotatable bonds is 10. The van der Waals surface area contributed by atoms with E-state index in [0.29, 0.717) is 0 Å². The highest BCUT2D eigenvalue weighted by Gasteiger charge is 2.54. The monoisotopic (exact) mass is 1070 g/mol. The second-order valence-electron chi connectivity index (χ2n) is 23.5. The zero-order valence-corrected chi connectivity index (χ0v) is 47.7. The van der Waals surface area contributed by atoms with Crippen molar-refractivity contribution in [3.05, 3.63) is 275 Å². The third-order valence-corrected chi connectivity index (χ3v) is 18.5. The number of anilines is 6. The Balaban J connectivity index is 0.974. The van der Waals surface area contributed by atoms with Crippen molar-refractivity contribution in [2.75, 3.05) is 9.80 Å². The summed E-state index contributed by atoms with van der Waals surface area (Å²) >= 11 is 0. The van der Waals surface area contributed by atoms with E-state index < -0.39 is 5.41 Å². The van der Waals surface area contributed by atoms with E-state index in [2.05, 4.69) is 282 Å². The third kappa shape index (κ3) is 6.99. The van der Waals surface area contributed by atoms with Crippen LogP contribution in [0.2, 0.25) is 0 Å². The van der Waals surface area contributed by atoms with E-state index in [1.165, 1.54) is 88.3 Å². The molecule has 16 rings (SSSR count). The highest BCUT2D eigenvalue weighted by molar-refractivity contribution is 6.15. The predicted octanol–water partition coefficient (Wildman–Crippen LogP) is 22.4. The van der Waals surface area contributed by atoms with Gasteiger partial charge in [-0.2, -0.15) is 0 Å². The van der Waals surface area contributed by atoms with E-state index in [1.807, 2.05) is 0 Å². The van der Waals surface area contributed by atoms with Crippen molar-refractivity contribution in [2.24, 2.45) is 0 Å². The average molecular weight is 1070 g/mol. The molecule has 0 radical (unpaired) electrons. The molecule has 4 heteroatoms. The number of aryl methyl sites for hydroxylation is 2. The lowest BCUT2D eigenvalue weighted by molar-refractivity contribution is 0.663. The van der Waals surface area contributed by atoms with Gasteiger partial charge in [-0.25, -0.2) is 0 Å². The minimum atomic E-state index is -0.644. The zero-order chi connectivity index (χ0) is 55.8. The molecule has 83 heavy (non-hydrogen) atoms. The Kier molecular flexibility index (Phi) is 11.1. The number of benzene rings is 12. The molecule has 0 unspecified atom stereocenters. The van der Waals surface area contributed by atoms with Crippen LogP contribution in [-0.4, -0.2) is 0 Å². The van der Waals surface area contributed by atoms with E-state index >= 15 is 0 Å². The Labute approximate surface area is 484 Å². The van der Waals surface area contributed by atoms with Crippen molar-refractivity contribution >= 4 is 99.5 Å². The summed E-state index contributed by atoms with van der Waals surface area (Å²) in [6.07, 6.45) is 1.79. The van der Waals surface area contributed by atoms with Crippen LogP contribution >= 0.6 is 0 Å². The molecule has 400 valence electrons. The van der Waals surface area contributed by atoms with E-state index in [4.69, 9.17) is 8.83 Å². The van der Waals surface area contributed by atoms with Crippen molar-refractivity contribution in [3.63, 3.8) is 0 Å². The molecule has 0 N–H and O–H groups in total. The SMILES string of the molecule is CCc1cccc2c1oc1c(N(c3ccccc3)c3ccc4c5c(cc(C(C)C)c4c3)-c3cc(C(C)C)c4cc(N(c6ccccc6)c6cccc7c6oc6c(CC)cccc67)ccc4c3C53c4ccccc4-c4ccccc43)cccc12. The van der Waals surface area contributed by atoms with Gasteiger partial charge in [0.2, 0.25) is 0 Å². The van der Waals surface area contributed by atoms with Gasteiger partial charge in [0, 0.05) is 44.3 Å². The van der Waals surface area contributed by atoms with E-state index in [9.17, 15) is 0 Å². The molecule has 0 fully saturated rings. The predicted molar refractivity (Wildman–Crippen MR) is 349 cm³/mol. The minimum Gasteiger partial charge on any atom is -0.454 e. The van der Waals surface area contributed by atoms with Gasteiger partial charge in [-0.1, -0.05) is 199 Å². The Hall–Kier alpha value is -9.64. The molecule has 0 aliphatic heterocycles. The average Bonchev–Trinajstić information content (AvgIpc) is 1.90. The molecule has 2 aliphatic carbocycles. The number of fused-ring (bicyclic) bond motifs is 20. The fourth-order valence-corrected chi connectivity index (χ4v) is 14.9. The topological polar surface area (TPSA) is 32.8 Å². The Bertz CT molecular complexity index is 4650. The first-order valence-electron chi connectivity index (χ1n) is 29.7. The standard InChI is InChI=1S/C79H62N2O2/c1-7-49-23-19-31-59-61-33-21-37-71(77(61)82-75(49)59)80(51-25-11-9-12-26-51)53-39-41-57-65(43-53)63(47(3)4)45-67-68-46-64(48(5)6)66-44-54(40-42-58(66)74(68)79(73(57)67)69-35-17-15-29-55(69)56-30-16-18-36-70(56)79)81(52-27-13-10-14-28-52)72-38-22-34-62-60-32-20-24-50(8-2)76(60)83-78(62)72/h9-48H,7-8H2,1-6H3. The summed E-state index contributed by atoms with van der Waals surface area (Å²) in [5.74, 6) is 0.443. The second-order valence-corrected chi connectivity index (χ2v) is 23.5. The first-order chi connectivity index (χ1) is 40.8. The van der Waals surface area contributed by atoms with Gasteiger partial charge in [0.1, 0.15) is 11.2 Å². The van der Waals surface area contributed by atoms with Gasteiger partial charge in [-0.15, -0.1) is 0 Å². The van der Waals surface area contributed by atoms with Gasteiger partial charge < -0.3 is 18.6 Å². The van der Waals surface area contributed by atoms with Crippen LogP contribution in [-0.2, 0) is 18.3 Å². The molecule has 14 aromatic rings. The molecule has 2 aromatic heterocycles. The molecular weight excluding hydrogens is 1010 g/mol. The molecule has 0 saturated heterocycles. The lowest BCUT2D eigenvalue weighted by atomic mass is 9.67. The van der Waals surface area contributed by atoms with Crippen molar-refractivity contribution in [2.45, 2.75) is 71.6 Å². The maximum Gasteiger partial charge on any atom is 0.159 e. The highest BCUT2D eigenvalue weighted by atomic mass is 16.3. The molecule has 4 nitrogen and oxygen atoms in total. The quantitative estimate of drug-likeness (QED) is 0.137. The number of hydrogen-bond acceptors (Lipinski definition) is 4. The summed E-state index contributed by atoms with van der Waals surface area (Å²) in [6.45, 7) is 13.9. The van der Waals surface area contributed by atoms with Crippen molar-refractivity contribution in [1.29, 1.82) is 0 Å². The fraction of sp³-hybridized carbons (Fsp3) is 0.139. The molecule has 1 spiro atoms.